The van der Waals surface area contributed by atoms with Gasteiger partial charge in [-0.3, -0.25) is 0 Å². The van der Waals surface area contributed by atoms with Crippen LogP contribution in [0.4, 0.5) is 0 Å². The summed E-state index contributed by atoms with van der Waals surface area (Å²) in [6.45, 7) is 6.89. The number of benzene rings is 1. The summed E-state index contributed by atoms with van der Waals surface area (Å²) in [5, 5.41) is 1.37. The predicted octanol–water partition coefficient (Wildman–Crippen LogP) is 5.20. The molecule has 2 unspecified atom stereocenters. The van der Waals surface area contributed by atoms with Crippen LogP contribution in [0.25, 0.3) is 17.0 Å². The Hall–Kier alpha value is -1.50. The zero-order valence-electron chi connectivity index (χ0n) is 11.5. The van der Waals surface area contributed by atoms with E-state index in [9.17, 15) is 0 Å². The lowest BCUT2D eigenvalue weighted by atomic mass is 9.96. The molecule has 0 fully saturated rings. The average Bonchev–Trinajstić information content (AvgIpc) is 2.92. The molecule has 1 aromatic heterocycles. The van der Waals surface area contributed by atoms with E-state index >= 15 is 0 Å². The van der Waals surface area contributed by atoms with E-state index in [0.29, 0.717) is 11.8 Å². The van der Waals surface area contributed by atoms with E-state index in [1.807, 2.05) is 0 Å². The summed E-state index contributed by atoms with van der Waals surface area (Å²) in [5.41, 5.74) is 5.83. The smallest absolute Gasteiger partial charge is 0.0498 e. The number of aromatic amines is 1. The fraction of sp³-hybridized carbons (Fsp3) is 0.412. The highest BCUT2D eigenvalue weighted by molar-refractivity contribution is 5.92. The molecule has 1 aliphatic rings. The third-order valence-electron chi connectivity index (χ3n) is 4.21. The van der Waals surface area contributed by atoms with Gasteiger partial charge in [-0.25, -0.2) is 0 Å². The van der Waals surface area contributed by atoms with E-state index in [1.165, 1.54) is 22.9 Å². The normalized spacial score (nSPS) is 23.1. The number of aromatic nitrogens is 1. The number of hydrogen-bond donors (Lipinski definition) is 1. The Morgan fingerprint density at radius 2 is 2.17 bits per heavy atom. The molecule has 0 radical (unpaired) electrons. The van der Waals surface area contributed by atoms with E-state index < -0.39 is 0 Å². The van der Waals surface area contributed by atoms with Crippen molar-refractivity contribution in [2.24, 2.45) is 0 Å². The second-order valence-electron chi connectivity index (χ2n) is 5.58. The number of hydrogen-bond acceptors (Lipinski definition) is 0. The van der Waals surface area contributed by atoms with Crippen LogP contribution in [-0.4, -0.2) is 4.98 Å². The number of rotatable bonds is 2. The molecule has 2 atom stereocenters. The fourth-order valence-corrected chi connectivity index (χ4v) is 3.40. The molecule has 0 bridgehead atoms. The highest BCUT2D eigenvalue weighted by atomic mass is 14.7. The summed E-state index contributed by atoms with van der Waals surface area (Å²) in [6.07, 6.45) is 8.96. The average molecular weight is 239 g/mol. The maximum atomic E-state index is 3.45. The second kappa shape index (κ2) is 4.31. The van der Waals surface area contributed by atoms with Crippen molar-refractivity contribution in [3.8, 4) is 0 Å². The van der Waals surface area contributed by atoms with Gasteiger partial charge in [0, 0.05) is 17.1 Å². The lowest BCUT2D eigenvalue weighted by Gasteiger charge is -2.10. The van der Waals surface area contributed by atoms with Gasteiger partial charge in [0.25, 0.3) is 0 Å². The SMILES string of the molecule is CCC=Cc1cc2c(c3[nH]ccc13)C(C)CC2C. The van der Waals surface area contributed by atoms with Gasteiger partial charge in [0.05, 0.1) is 0 Å². The molecular weight excluding hydrogens is 218 g/mol. The maximum absolute atomic E-state index is 3.45. The highest BCUT2D eigenvalue weighted by Gasteiger charge is 2.28. The third-order valence-corrected chi connectivity index (χ3v) is 4.21. The summed E-state index contributed by atoms with van der Waals surface area (Å²) < 4.78 is 0. The quantitative estimate of drug-likeness (QED) is 0.741. The predicted molar refractivity (Wildman–Crippen MR) is 79.1 cm³/mol. The fourth-order valence-electron chi connectivity index (χ4n) is 3.40. The Morgan fingerprint density at radius 3 is 2.94 bits per heavy atom. The molecule has 1 aromatic carbocycles. The van der Waals surface area contributed by atoms with Crippen molar-refractivity contribution in [2.45, 2.75) is 45.4 Å². The second-order valence-corrected chi connectivity index (χ2v) is 5.58. The molecule has 1 aliphatic carbocycles. The highest BCUT2D eigenvalue weighted by Crippen LogP contribution is 2.45. The summed E-state index contributed by atoms with van der Waals surface area (Å²) in [6, 6.07) is 4.62. The largest absolute Gasteiger partial charge is 0.361 e. The molecule has 0 aliphatic heterocycles. The van der Waals surface area contributed by atoms with Gasteiger partial charge in [0.15, 0.2) is 0 Å². The number of nitrogens with one attached hydrogen (secondary N) is 1. The van der Waals surface area contributed by atoms with Crippen LogP contribution in [0.3, 0.4) is 0 Å². The van der Waals surface area contributed by atoms with Crippen LogP contribution >= 0.6 is 0 Å². The van der Waals surface area contributed by atoms with Crippen LogP contribution in [0, 0.1) is 0 Å². The van der Waals surface area contributed by atoms with Crippen LogP contribution in [0.1, 0.15) is 62.1 Å². The van der Waals surface area contributed by atoms with Crippen LogP contribution < -0.4 is 0 Å². The molecule has 1 nitrogen and oxygen atoms in total. The Morgan fingerprint density at radius 1 is 1.33 bits per heavy atom. The molecule has 1 heteroatoms. The minimum Gasteiger partial charge on any atom is -0.361 e. The Bertz CT molecular complexity index is 603. The number of H-pyrrole nitrogens is 1. The first-order valence-corrected chi connectivity index (χ1v) is 7.02. The van der Waals surface area contributed by atoms with E-state index in [1.54, 1.807) is 11.1 Å². The van der Waals surface area contributed by atoms with Crippen LogP contribution in [0.2, 0.25) is 0 Å². The van der Waals surface area contributed by atoms with Crippen LogP contribution in [0.5, 0.6) is 0 Å². The minimum atomic E-state index is 0.681. The Labute approximate surface area is 109 Å². The Kier molecular flexibility index (Phi) is 2.77. The van der Waals surface area contributed by atoms with Gasteiger partial charge in [-0.15, -0.1) is 0 Å². The van der Waals surface area contributed by atoms with E-state index in [2.05, 4.69) is 56.2 Å². The molecule has 0 spiro atoms. The third kappa shape index (κ3) is 1.61. The van der Waals surface area contributed by atoms with Crippen molar-refractivity contribution >= 4 is 17.0 Å². The van der Waals surface area contributed by atoms with Gasteiger partial charge in [0.2, 0.25) is 0 Å². The van der Waals surface area contributed by atoms with E-state index in [-0.39, 0.29) is 0 Å². The topological polar surface area (TPSA) is 15.8 Å². The van der Waals surface area contributed by atoms with Crippen LogP contribution in [0.15, 0.2) is 24.4 Å². The molecule has 18 heavy (non-hydrogen) atoms. The lowest BCUT2D eigenvalue weighted by Crippen LogP contribution is -1.91. The molecule has 0 saturated carbocycles. The lowest BCUT2D eigenvalue weighted by molar-refractivity contribution is 0.662. The zero-order valence-corrected chi connectivity index (χ0v) is 11.5. The van der Waals surface area contributed by atoms with Crippen molar-refractivity contribution in [1.82, 2.24) is 4.98 Å². The monoisotopic (exact) mass is 239 g/mol. The van der Waals surface area contributed by atoms with Gasteiger partial charge >= 0.3 is 0 Å². The van der Waals surface area contributed by atoms with E-state index in [0.717, 1.165) is 6.42 Å². The van der Waals surface area contributed by atoms with Crippen molar-refractivity contribution in [3.63, 3.8) is 0 Å². The summed E-state index contributed by atoms with van der Waals surface area (Å²) in [4.78, 5) is 3.45. The van der Waals surface area contributed by atoms with E-state index in [4.69, 9.17) is 0 Å². The number of allylic oxidation sites excluding steroid dienone is 1. The first-order valence-electron chi connectivity index (χ1n) is 7.02. The molecule has 1 N–H and O–H groups in total. The molecule has 1 heterocycles. The van der Waals surface area contributed by atoms with Gasteiger partial charge < -0.3 is 4.98 Å². The molecule has 94 valence electrons. The minimum absolute atomic E-state index is 0.681. The van der Waals surface area contributed by atoms with Gasteiger partial charge in [-0.05, 0) is 47.4 Å². The molecule has 2 aromatic rings. The summed E-state index contributed by atoms with van der Waals surface area (Å²) >= 11 is 0. The van der Waals surface area contributed by atoms with Crippen molar-refractivity contribution in [2.75, 3.05) is 0 Å². The summed E-state index contributed by atoms with van der Waals surface area (Å²) in [7, 11) is 0. The van der Waals surface area contributed by atoms with Crippen molar-refractivity contribution in [1.29, 1.82) is 0 Å². The molecule has 3 rings (SSSR count). The maximum Gasteiger partial charge on any atom is 0.0498 e. The van der Waals surface area contributed by atoms with Gasteiger partial charge in [-0.2, -0.15) is 0 Å². The van der Waals surface area contributed by atoms with Gasteiger partial charge in [-0.1, -0.05) is 39.0 Å². The summed E-state index contributed by atoms with van der Waals surface area (Å²) in [5.74, 6) is 1.37. The first kappa shape index (κ1) is 11.6. The zero-order chi connectivity index (χ0) is 12.7. The van der Waals surface area contributed by atoms with Crippen LogP contribution in [-0.2, 0) is 0 Å². The Balaban J connectivity index is 2.28. The molecule has 0 saturated heterocycles. The first-order chi connectivity index (χ1) is 8.72. The molecule has 0 amide bonds. The molecular formula is C17H21N. The number of fused-ring (bicyclic) bond motifs is 3. The van der Waals surface area contributed by atoms with Crippen molar-refractivity contribution in [3.05, 3.63) is 41.1 Å². The van der Waals surface area contributed by atoms with Gasteiger partial charge in [0.1, 0.15) is 0 Å². The standard InChI is InChI=1S/C17H21N/c1-4-5-6-13-10-15-11(2)9-12(3)16(15)17-14(13)7-8-18-17/h5-8,10-12,18H,4,9H2,1-3H3. The van der Waals surface area contributed by atoms with Crippen molar-refractivity contribution < 1.29 is 0 Å².